The Hall–Kier alpha value is -2.50. The molecule has 0 saturated carbocycles. The Labute approximate surface area is 174 Å². The Morgan fingerprint density at radius 1 is 1.04 bits per heavy atom. The van der Waals surface area contributed by atoms with Gasteiger partial charge in [0.1, 0.15) is 11.5 Å². The zero-order chi connectivity index (χ0) is 19.9. The number of amides is 1. The fraction of sp³-hybridized carbons (Fsp3) is 0.227. The average Bonchev–Trinajstić information content (AvgIpc) is 3.25. The van der Waals surface area contributed by atoms with Crippen molar-refractivity contribution in [3.63, 3.8) is 0 Å². The lowest BCUT2D eigenvalue weighted by atomic mass is 10.0. The van der Waals surface area contributed by atoms with E-state index < -0.39 is 0 Å². The van der Waals surface area contributed by atoms with Crippen LogP contribution in [-0.2, 0) is 11.2 Å². The van der Waals surface area contributed by atoms with Crippen LogP contribution in [0.3, 0.4) is 0 Å². The minimum atomic E-state index is -0.198. The molecule has 0 aliphatic carbocycles. The first kappa shape index (κ1) is 20.2. The molecule has 0 aliphatic heterocycles. The maximum absolute atomic E-state index is 12.7. The van der Waals surface area contributed by atoms with Crippen LogP contribution < -0.4 is 14.8 Å². The van der Waals surface area contributed by atoms with Gasteiger partial charge in [-0.2, -0.15) is 11.3 Å². The number of methoxy groups -OCH3 is 2. The topological polar surface area (TPSA) is 47.6 Å². The molecular formula is C22H22ClNO3S. The molecule has 1 unspecified atom stereocenters. The largest absolute Gasteiger partial charge is 0.497 e. The molecule has 0 fully saturated rings. The van der Waals surface area contributed by atoms with Crippen molar-refractivity contribution >= 4 is 28.8 Å². The Bertz CT molecular complexity index is 888. The lowest BCUT2D eigenvalue weighted by molar-refractivity contribution is -0.121. The number of hydrogen-bond donors (Lipinski definition) is 1. The number of halogens is 1. The zero-order valence-corrected chi connectivity index (χ0v) is 17.3. The highest BCUT2D eigenvalue weighted by atomic mass is 35.5. The van der Waals surface area contributed by atoms with E-state index in [0.717, 1.165) is 16.7 Å². The summed E-state index contributed by atoms with van der Waals surface area (Å²) in [6.07, 6.45) is 0.959. The van der Waals surface area contributed by atoms with E-state index in [-0.39, 0.29) is 11.9 Å². The molecule has 2 aromatic carbocycles. The van der Waals surface area contributed by atoms with E-state index >= 15 is 0 Å². The Kier molecular flexibility index (Phi) is 6.95. The minimum absolute atomic E-state index is 0.0204. The summed E-state index contributed by atoms with van der Waals surface area (Å²) in [5, 5.41) is 7.87. The second kappa shape index (κ2) is 9.62. The average molecular weight is 416 g/mol. The first-order chi connectivity index (χ1) is 13.6. The fourth-order valence-corrected chi connectivity index (χ4v) is 3.77. The third-order valence-corrected chi connectivity index (χ3v) is 5.39. The maximum Gasteiger partial charge on any atom is 0.221 e. The Morgan fingerprint density at radius 2 is 1.71 bits per heavy atom. The van der Waals surface area contributed by atoms with Crippen LogP contribution in [0.15, 0.2) is 59.3 Å². The molecule has 3 rings (SSSR count). The molecule has 0 bridgehead atoms. The maximum atomic E-state index is 12.7. The van der Waals surface area contributed by atoms with Crippen LogP contribution in [0.5, 0.6) is 11.5 Å². The fourth-order valence-electron chi connectivity index (χ4n) is 2.96. The Morgan fingerprint density at radius 3 is 2.29 bits per heavy atom. The van der Waals surface area contributed by atoms with Gasteiger partial charge in [-0.05, 0) is 64.2 Å². The zero-order valence-electron chi connectivity index (χ0n) is 15.8. The van der Waals surface area contributed by atoms with Crippen molar-refractivity contribution in [2.75, 3.05) is 14.2 Å². The number of nitrogens with one attached hydrogen (secondary N) is 1. The standard InChI is InChI=1S/C22H22ClNO3S/c1-26-19-11-15(12-20(13-19)27-2)3-8-21(25)24-22(17-9-10-28-14-17)16-4-6-18(23)7-5-16/h4-7,9-14,22H,3,8H2,1-2H3,(H,24,25). The number of ether oxygens (including phenoxy) is 2. The first-order valence-electron chi connectivity index (χ1n) is 8.88. The van der Waals surface area contributed by atoms with Gasteiger partial charge in [0.25, 0.3) is 0 Å². The summed E-state index contributed by atoms with van der Waals surface area (Å²) in [6, 6.07) is 15.0. The predicted octanol–water partition coefficient (Wildman–Crippen LogP) is 5.26. The van der Waals surface area contributed by atoms with Gasteiger partial charge in [0, 0.05) is 17.5 Å². The number of carbonyl (C=O) groups is 1. The van der Waals surface area contributed by atoms with Crippen LogP contribution in [0.1, 0.15) is 29.2 Å². The van der Waals surface area contributed by atoms with Crippen molar-refractivity contribution in [2.24, 2.45) is 0 Å². The molecule has 1 N–H and O–H groups in total. The SMILES string of the molecule is COc1cc(CCC(=O)NC(c2ccc(Cl)cc2)c2ccsc2)cc(OC)c1. The molecule has 0 aliphatic rings. The quantitative estimate of drug-likeness (QED) is 0.546. The second-order valence-corrected chi connectivity index (χ2v) is 7.55. The van der Waals surface area contributed by atoms with E-state index in [1.54, 1.807) is 25.6 Å². The van der Waals surface area contributed by atoms with Crippen molar-refractivity contribution in [3.8, 4) is 11.5 Å². The number of thiophene rings is 1. The lowest BCUT2D eigenvalue weighted by Gasteiger charge is -2.19. The van der Waals surface area contributed by atoms with Crippen molar-refractivity contribution < 1.29 is 14.3 Å². The summed E-state index contributed by atoms with van der Waals surface area (Å²) in [5.41, 5.74) is 3.05. The van der Waals surface area contributed by atoms with Gasteiger partial charge in [-0.3, -0.25) is 4.79 Å². The van der Waals surface area contributed by atoms with Gasteiger partial charge in [0.05, 0.1) is 20.3 Å². The van der Waals surface area contributed by atoms with Crippen molar-refractivity contribution in [1.82, 2.24) is 5.32 Å². The van der Waals surface area contributed by atoms with Crippen molar-refractivity contribution in [3.05, 3.63) is 81.0 Å². The van der Waals surface area contributed by atoms with Crippen LogP contribution in [0, 0.1) is 0 Å². The van der Waals surface area contributed by atoms with Crippen LogP contribution >= 0.6 is 22.9 Å². The summed E-state index contributed by atoms with van der Waals surface area (Å²) in [7, 11) is 3.23. The number of benzene rings is 2. The van der Waals surface area contributed by atoms with Gasteiger partial charge >= 0.3 is 0 Å². The highest BCUT2D eigenvalue weighted by Crippen LogP contribution is 2.26. The number of aryl methyl sites for hydroxylation is 1. The van der Waals surface area contributed by atoms with Gasteiger partial charge in [0.15, 0.2) is 0 Å². The summed E-state index contributed by atoms with van der Waals surface area (Å²) < 4.78 is 10.6. The molecule has 3 aromatic rings. The Balaban J connectivity index is 1.70. The molecular weight excluding hydrogens is 394 g/mol. The van der Waals surface area contributed by atoms with Crippen molar-refractivity contribution in [2.45, 2.75) is 18.9 Å². The van der Waals surface area contributed by atoms with Gasteiger partial charge in [0.2, 0.25) is 5.91 Å². The second-order valence-electron chi connectivity index (χ2n) is 6.33. The smallest absolute Gasteiger partial charge is 0.221 e. The van der Waals surface area contributed by atoms with Crippen LogP contribution in [-0.4, -0.2) is 20.1 Å². The minimum Gasteiger partial charge on any atom is -0.497 e. The number of hydrogen-bond acceptors (Lipinski definition) is 4. The molecule has 1 heterocycles. The van der Waals surface area contributed by atoms with Gasteiger partial charge in [-0.1, -0.05) is 23.7 Å². The van der Waals surface area contributed by atoms with Crippen LogP contribution in [0.2, 0.25) is 5.02 Å². The van der Waals surface area contributed by atoms with E-state index in [2.05, 4.69) is 5.32 Å². The summed E-state index contributed by atoms with van der Waals surface area (Å²) in [5.74, 6) is 1.41. The molecule has 4 nitrogen and oxygen atoms in total. The molecule has 146 valence electrons. The summed E-state index contributed by atoms with van der Waals surface area (Å²) in [6.45, 7) is 0. The molecule has 28 heavy (non-hydrogen) atoms. The molecule has 1 aromatic heterocycles. The molecule has 0 spiro atoms. The van der Waals surface area contributed by atoms with Gasteiger partial charge in [-0.25, -0.2) is 0 Å². The van der Waals surface area contributed by atoms with Gasteiger partial charge in [-0.15, -0.1) is 0 Å². The summed E-state index contributed by atoms with van der Waals surface area (Å²) in [4.78, 5) is 12.7. The predicted molar refractivity (Wildman–Crippen MR) is 114 cm³/mol. The van der Waals surface area contributed by atoms with Gasteiger partial charge < -0.3 is 14.8 Å². The highest BCUT2D eigenvalue weighted by molar-refractivity contribution is 7.08. The van der Waals surface area contributed by atoms with E-state index in [0.29, 0.717) is 29.4 Å². The third kappa shape index (κ3) is 5.27. The van der Waals surface area contributed by atoms with E-state index in [1.807, 2.05) is 59.3 Å². The molecule has 6 heteroatoms. The molecule has 0 saturated heterocycles. The molecule has 1 atom stereocenters. The van der Waals surface area contributed by atoms with E-state index in [9.17, 15) is 4.79 Å². The third-order valence-electron chi connectivity index (χ3n) is 4.44. The monoisotopic (exact) mass is 415 g/mol. The normalized spacial score (nSPS) is 11.7. The highest BCUT2D eigenvalue weighted by Gasteiger charge is 2.17. The number of carbonyl (C=O) groups excluding carboxylic acids is 1. The van der Waals surface area contributed by atoms with E-state index in [1.165, 1.54) is 0 Å². The van der Waals surface area contributed by atoms with Crippen molar-refractivity contribution in [1.29, 1.82) is 0 Å². The lowest BCUT2D eigenvalue weighted by Crippen LogP contribution is -2.29. The van der Waals surface area contributed by atoms with Crippen LogP contribution in [0.25, 0.3) is 0 Å². The molecule has 1 amide bonds. The summed E-state index contributed by atoms with van der Waals surface area (Å²) >= 11 is 7.61. The van der Waals surface area contributed by atoms with Crippen LogP contribution in [0.4, 0.5) is 0 Å². The first-order valence-corrected chi connectivity index (χ1v) is 10.2. The van der Waals surface area contributed by atoms with E-state index in [4.69, 9.17) is 21.1 Å². The molecule has 0 radical (unpaired) electrons. The number of rotatable bonds is 8.